The zero-order chi connectivity index (χ0) is 11.0. The summed E-state index contributed by atoms with van der Waals surface area (Å²) < 4.78 is 5.93. The SMILES string of the molecule is OCC1(NC2CC2)CCC(OCC2CC2)C1. The Morgan fingerprint density at radius 2 is 2.00 bits per heavy atom. The Hall–Kier alpha value is -0.120. The summed E-state index contributed by atoms with van der Waals surface area (Å²) >= 11 is 0. The summed E-state index contributed by atoms with van der Waals surface area (Å²) in [5.74, 6) is 0.848. The molecule has 16 heavy (non-hydrogen) atoms. The largest absolute Gasteiger partial charge is 0.394 e. The average molecular weight is 225 g/mol. The van der Waals surface area contributed by atoms with E-state index in [1.54, 1.807) is 0 Å². The molecule has 0 aromatic rings. The molecule has 0 aromatic carbocycles. The molecule has 0 radical (unpaired) electrons. The molecule has 0 bridgehead atoms. The zero-order valence-corrected chi connectivity index (χ0v) is 9.95. The summed E-state index contributed by atoms with van der Waals surface area (Å²) in [6, 6.07) is 0.675. The van der Waals surface area contributed by atoms with Crippen molar-refractivity contribution in [3.05, 3.63) is 0 Å². The van der Waals surface area contributed by atoms with Crippen molar-refractivity contribution in [1.29, 1.82) is 0 Å². The molecule has 0 heterocycles. The van der Waals surface area contributed by atoms with Gasteiger partial charge in [-0.25, -0.2) is 0 Å². The second-order valence-electron chi connectivity index (χ2n) is 6.00. The van der Waals surface area contributed by atoms with Crippen LogP contribution in [0.2, 0.25) is 0 Å². The van der Waals surface area contributed by atoms with Crippen molar-refractivity contribution in [3.8, 4) is 0 Å². The second kappa shape index (κ2) is 4.28. The highest BCUT2D eigenvalue weighted by atomic mass is 16.5. The van der Waals surface area contributed by atoms with Crippen LogP contribution in [0.25, 0.3) is 0 Å². The average Bonchev–Trinajstić information content (AvgIpc) is 3.18. The van der Waals surface area contributed by atoms with Crippen LogP contribution in [0.5, 0.6) is 0 Å². The number of ether oxygens (including phenoxy) is 1. The van der Waals surface area contributed by atoms with Crippen LogP contribution in [-0.2, 0) is 4.74 Å². The Bertz CT molecular complexity index is 250. The summed E-state index contributed by atoms with van der Waals surface area (Å²) in [4.78, 5) is 0. The molecule has 0 aromatic heterocycles. The molecule has 3 saturated carbocycles. The predicted molar refractivity (Wildman–Crippen MR) is 62.3 cm³/mol. The van der Waals surface area contributed by atoms with E-state index in [9.17, 15) is 5.11 Å². The highest BCUT2D eigenvalue weighted by Gasteiger charge is 2.42. The van der Waals surface area contributed by atoms with Gasteiger partial charge in [0, 0.05) is 18.2 Å². The summed E-state index contributed by atoms with van der Waals surface area (Å²) in [6.07, 6.45) is 8.88. The van der Waals surface area contributed by atoms with Gasteiger partial charge in [-0.1, -0.05) is 0 Å². The van der Waals surface area contributed by atoms with Crippen LogP contribution < -0.4 is 5.32 Å². The van der Waals surface area contributed by atoms with Crippen LogP contribution in [0.4, 0.5) is 0 Å². The number of hydrogen-bond acceptors (Lipinski definition) is 3. The van der Waals surface area contributed by atoms with Gasteiger partial charge in [0.05, 0.1) is 12.7 Å². The lowest BCUT2D eigenvalue weighted by molar-refractivity contribution is 0.0400. The molecule has 3 nitrogen and oxygen atoms in total. The molecule has 2 unspecified atom stereocenters. The molecule has 0 amide bonds. The van der Waals surface area contributed by atoms with E-state index < -0.39 is 0 Å². The molecule has 0 saturated heterocycles. The van der Waals surface area contributed by atoms with Gasteiger partial charge < -0.3 is 15.2 Å². The third-order valence-corrected chi connectivity index (χ3v) is 4.22. The lowest BCUT2D eigenvalue weighted by Crippen LogP contribution is -2.48. The Balaban J connectivity index is 1.47. The van der Waals surface area contributed by atoms with Crippen molar-refractivity contribution in [3.63, 3.8) is 0 Å². The number of aliphatic hydroxyl groups is 1. The van der Waals surface area contributed by atoms with Gasteiger partial charge in [0.2, 0.25) is 0 Å². The third kappa shape index (κ3) is 2.58. The Morgan fingerprint density at radius 3 is 2.62 bits per heavy atom. The van der Waals surface area contributed by atoms with Crippen LogP contribution in [0, 0.1) is 5.92 Å². The molecule has 3 rings (SSSR count). The molecule has 3 aliphatic carbocycles. The molecule has 3 aliphatic rings. The van der Waals surface area contributed by atoms with E-state index in [0.717, 1.165) is 31.8 Å². The summed E-state index contributed by atoms with van der Waals surface area (Å²) in [5, 5.41) is 13.2. The Morgan fingerprint density at radius 1 is 1.19 bits per heavy atom. The minimum atomic E-state index is -0.0185. The van der Waals surface area contributed by atoms with E-state index in [1.807, 2.05) is 0 Å². The fraction of sp³-hybridized carbons (Fsp3) is 1.00. The lowest BCUT2D eigenvalue weighted by atomic mass is 9.98. The van der Waals surface area contributed by atoms with Gasteiger partial charge in [-0.2, -0.15) is 0 Å². The van der Waals surface area contributed by atoms with Crippen molar-refractivity contribution >= 4 is 0 Å². The molecule has 0 spiro atoms. The van der Waals surface area contributed by atoms with Crippen LogP contribution in [0.1, 0.15) is 44.9 Å². The van der Waals surface area contributed by atoms with Crippen LogP contribution >= 0.6 is 0 Å². The first-order chi connectivity index (χ1) is 7.80. The maximum Gasteiger partial charge on any atom is 0.0614 e. The second-order valence-corrected chi connectivity index (χ2v) is 6.00. The highest BCUT2D eigenvalue weighted by molar-refractivity contribution is 5.01. The van der Waals surface area contributed by atoms with Gasteiger partial charge in [-0.3, -0.25) is 0 Å². The fourth-order valence-electron chi connectivity index (χ4n) is 2.76. The summed E-state index contributed by atoms with van der Waals surface area (Å²) in [6.45, 7) is 1.22. The molecule has 0 aliphatic heterocycles. The fourth-order valence-corrected chi connectivity index (χ4v) is 2.76. The molecule has 92 valence electrons. The molecular weight excluding hydrogens is 202 g/mol. The summed E-state index contributed by atoms with van der Waals surface area (Å²) in [5.41, 5.74) is -0.0185. The first-order valence-electron chi connectivity index (χ1n) is 6.80. The standard InChI is InChI=1S/C13H23NO2/c15-9-13(14-11-3-4-11)6-5-12(7-13)16-8-10-1-2-10/h10-12,14-15H,1-9H2. The van der Waals surface area contributed by atoms with E-state index in [4.69, 9.17) is 4.74 Å². The maximum absolute atomic E-state index is 9.58. The number of nitrogens with one attached hydrogen (secondary N) is 1. The smallest absolute Gasteiger partial charge is 0.0614 e. The normalized spacial score (nSPS) is 39.2. The van der Waals surface area contributed by atoms with E-state index in [0.29, 0.717) is 12.1 Å². The van der Waals surface area contributed by atoms with E-state index in [1.165, 1.54) is 25.7 Å². The first kappa shape index (κ1) is 11.0. The Labute approximate surface area is 97.6 Å². The number of aliphatic hydroxyl groups excluding tert-OH is 1. The molecule has 2 atom stereocenters. The monoisotopic (exact) mass is 225 g/mol. The van der Waals surface area contributed by atoms with Crippen LogP contribution in [0.3, 0.4) is 0 Å². The topological polar surface area (TPSA) is 41.5 Å². The highest BCUT2D eigenvalue weighted by Crippen LogP contribution is 2.37. The van der Waals surface area contributed by atoms with Crippen molar-refractivity contribution in [1.82, 2.24) is 5.32 Å². The molecule has 2 N–H and O–H groups in total. The molecule has 3 fully saturated rings. The maximum atomic E-state index is 9.58. The Kier molecular flexibility index (Phi) is 2.94. The van der Waals surface area contributed by atoms with Crippen LogP contribution in [-0.4, -0.2) is 36.0 Å². The number of hydrogen-bond donors (Lipinski definition) is 2. The quantitative estimate of drug-likeness (QED) is 0.719. The van der Waals surface area contributed by atoms with Gasteiger partial charge in [-0.15, -0.1) is 0 Å². The van der Waals surface area contributed by atoms with E-state index in [-0.39, 0.29) is 12.1 Å². The summed E-state index contributed by atoms with van der Waals surface area (Å²) in [7, 11) is 0. The number of rotatable bonds is 6. The van der Waals surface area contributed by atoms with E-state index in [2.05, 4.69) is 5.32 Å². The van der Waals surface area contributed by atoms with Gasteiger partial charge in [-0.05, 0) is 50.9 Å². The first-order valence-corrected chi connectivity index (χ1v) is 6.80. The van der Waals surface area contributed by atoms with Gasteiger partial charge in [0.1, 0.15) is 0 Å². The van der Waals surface area contributed by atoms with Gasteiger partial charge >= 0.3 is 0 Å². The van der Waals surface area contributed by atoms with Gasteiger partial charge in [0.15, 0.2) is 0 Å². The lowest BCUT2D eigenvalue weighted by Gasteiger charge is -2.28. The van der Waals surface area contributed by atoms with Gasteiger partial charge in [0.25, 0.3) is 0 Å². The van der Waals surface area contributed by atoms with Crippen LogP contribution in [0.15, 0.2) is 0 Å². The van der Waals surface area contributed by atoms with Crippen molar-refractivity contribution in [2.45, 2.75) is 62.6 Å². The molecule has 3 heteroatoms. The molecular formula is C13H23NO2. The third-order valence-electron chi connectivity index (χ3n) is 4.22. The minimum Gasteiger partial charge on any atom is -0.394 e. The zero-order valence-electron chi connectivity index (χ0n) is 9.95. The van der Waals surface area contributed by atoms with Crippen molar-refractivity contribution < 1.29 is 9.84 Å². The predicted octanol–water partition coefficient (Wildman–Crippen LogP) is 1.45. The minimum absolute atomic E-state index is 0.0185. The van der Waals surface area contributed by atoms with Crippen molar-refractivity contribution in [2.75, 3.05) is 13.2 Å². The van der Waals surface area contributed by atoms with E-state index >= 15 is 0 Å². The van der Waals surface area contributed by atoms with Crippen molar-refractivity contribution in [2.24, 2.45) is 5.92 Å².